The van der Waals surface area contributed by atoms with Gasteiger partial charge in [0.1, 0.15) is 11.2 Å². The summed E-state index contributed by atoms with van der Waals surface area (Å²) in [5, 5.41) is 6.37. The van der Waals surface area contributed by atoms with Gasteiger partial charge in [0.15, 0.2) is 5.69 Å². The minimum absolute atomic E-state index is 0.0345. The zero-order chi connectivity index (χ0) is 25.6. The van der Waals surface area contributed by atoms with Crippen molar-refractivity contribution in [2.75, 3.05) is 5.32 Å². The van der Waals surface area contributed by atoms with E-state index < -0.39 is 11.4 Å². The highest BCUT2D eigenvalue weighted by atomic mass is 35.5. The number of nitrogens with zero attached hydrogens (tertiary/aromatic N) is 3. The highest BCUT2D eigenvalue weighted by molar-refractivity contribution is 6.31. The number of rotatable bonds is 6. The lowest BCUT2D eigenvalue weighted by molar-refractivity contribution is -0.133. The van der Waals surface area contributed by atoms with Gasteiger partial charge in [0, 0.05) is 23.3 Å². The summed E-state index contributed by atoms with van der Waals surface area (Å²) >= 11 is 6.19. The van der Waals surface area contributed by atoms with Crippen LogP contribution in [0.3, 0.4) is 0 Å². The Morgan fingerprint density at radius 2 is 1.92 bits per heavy atom. The Bertz CT molecular complexity index is 1380. The van der Waals surface area contributed by atoms with Crippen LogP contribution in [0.4, 0.5) is 5.69 Å². The van der Waals surface area contributed by atoms with Crippen molar-refractivity contribution in [2.45, 2.75) is 58.3 Å². The average Bonchev–Trinajstić information content (AvgIpc) is 3.58. The zero-order valence-corrected chi connectivity index (χ0v) is 21.2. The molecular formula is C27H28ClN5O3. The molecular weight excluding hydrogens is 478 g/mol. The van der Waals surface area contributed by atoms with Crippen molar-refractivity contribution < 1.29 is 14.4 Å². The van der Waals surface area contributed by atoms with E-state index in [0.717, 1.165) is 29.5 Å². The molecule has 1 saturated carbocycles. The summed E-state index contributed by atoms with van der Waals surface area (Å²) in [7, 11) is 0. The number of hydrogen-bond donors (Lipinski definition) is 2. The van der Waals surface area contributed by atoms with Crippen LogP contribution in [-0.2, 0) is 17.9 Å². The summed E-state index contributed by atoms with van der Waals surface area (Å²) in [5.74, 6) is -1.09. The van der Waals surface area contributed by atoms with Crippen molar-refractivity contribution in [3.63, 3.8) is 0 Å². The van der Waals surface area contributed by atoms with Gasteiger partial charge in [-0.3, -0.25) is 14.4 Å². The van der Waals surface area contributed by atoms with Crippen LogP contribution in [0.25, 0.3) is 0 Å². The Morgan fingerprint density at radius 3 is 2.64 bits per heavy atom. The van der Waals surface area contributed by atoms with Crippen molar-refractivity contribution in [1.82, 2.24) is 19.8 Å². The maximum Gasteiger partial charge on any atom is 0.276 e. The highest BCUT2D eigenvalue weighted by Gasteiger charge is 2.53. The number of anilines is 1. The molecule has 3 amide bonds. The van der Waals surface area contributed by atoms with E-state index in [1.807, 2.05) is 31.2 Å². The van der Waals surface area contributed by atoms with Crippen molar-refractivity contribution >= 4 is 35.0 Å². The van der Waals surface area contributed by atoms with Crippen LogP contribution in [0.2, 0.25) is 5.02 Å². The first kappa shape index (κ1) is 24.1. The van der Waals surface area contributed by atoms with Gasteiger partial charge in [0.25, 0.3) is 11.8 Å². The predicted octanol–water partition coefficient (Wildman–Crippen LogP) is 4.10. The fourth-order valence-electron chi connectivity index (χ4n) is 4.84. The number of fused-ring (bicyclic) bond motifs is 1. The standard InChI is InChI=1S/C27H28ClN5O3/c1-16-6-4-7-18(12-16)13-29-26(36)27(3)14-32-15-30-22(23(32)25(35)33(27)19-10-11-19)24(34)31-21-9-5-8-20(28)17(21)2/h4-9,12,15,19H,10-11,13-14H2,1-3H3,(H,29,36)(H,31,34). The second kappa shape index (κ2) is 9.09. The van der Waals surface area contributed by atoms with Gasteiger partial charge in [-0.2, -0.15) is 0 Å². The molecule has 2 aromatic carbocycles. The van der Waals surface area contributed by atoms with Gasteiger partial charge in [-0.25, -0.2) is 4.98 Å². The molecule has 1 aromatic heterocycles. The number of halogens is 1. The lowest BCUT2D eigenvalue weighted by Crippen LogP contribution is -2.64. The molecule has 2 N–H and O–H groups in total. The van der Waals surface area contributed by atoms with Crippen molar-refractivity contribution in [3.05, 3.63) is 81.9 Å². The number of aromatic nitrogens is 2. The molecule has 0 bridgehead atoms. The predicted molar refractivity (Wildman–Crippen MR) is 137 cm³/mol. The first-order valence-electron chi connectivity index (χ1n) is 12.0. The number of hydrogen-bond acceptors (Lipinski definition) is 4. The number of carbonyl (C=O) groups is 3. The lowest BCUT2D eigenvalue weighted by atomic mass is 9.93. The molecule has 0 radical (unpaired) electrons. The number of nitrogens with one attached hydrogen (secondary N) is 2. The van der Waals surface area contributed by atoms with Crippen LogP contribution in [0.5, 0.6) is 0 Å². The quantitative estimate of drug-likeness (QED) is 0.527. The summed E-state index contributed by atoms with van der Waals surface area (Å²) in [5.41, 5.74) is 2.51. The second-order valence-electron chi connectivity index (χ2n) is 9.79. The molecule has 36 heavy (non-hydrogen) atoms. The summed E-state index contributed by atoms with van der Waals surface area (Å²) in [6.45, 7) is 6.17. The minimum atomic E-state index is -1.10. The highest BCUT2D eigenvalue weighted by Crippen LogP contribution is 2.39. The van der Waals surface area contributed by atoms with Gasteiger partial charge in [0.2, 0.25) is 5.91 Å². The lowest BCUT2D eigenvalue weighted by Gasteiger charge is -2.44. The van der Waals surface area contributed by atoms with Gasteiger partial charge >= 0.3 is 0 Å². The normalized spacial score (nSPS) is 19.1. The Balaban J connectivity index is 1.41. The second-order valence-corrected chi connectivity index (χ2v) is 10.2. The number of carbonyl (C=O) groups excluding carboxylic acids is 3. The maximum atomic E-state index is 13.8. The smallest absolute Gasteiger partial charge is 0.276 e. The van der Waals surface area contributed by atoms with E-state index in [4.69, 9.17) is 11.6 Å². The molecule has 2 heterocycles. The van der Waals surface area contributed by atoms with E-state index in [9.17, 15) is 14.4 Å². The molecule has 0 spiro atoms. The largest absolute Gasteiger partial charge is 0.350 e. The number of amides is 3. The van der Waals surface area contributed by atoms with Crippen LogP contribution in [0.1, 0.15) is 57.4 Å². The summed E-state index contributed by atoms with van der Waals surface area (Å²) < 4.78 is 1.62. The number of aryl methyl sites for hydroxylation is 1. The molecule has 1 aliphatic heterocycles. The molecule has 3 aromatic rings. The molecule has 5 rings (SSSR count). The first-order chi connectivity index (χ1) is 17.2. The van der Waals surface area contributed by atoms with Crippen LogP contribution < -0.4 is 10.6 Å². The van der Waals surface area contributed by atoms with Gasteiger partial charge in [-0.05, 0) is 56.9 Å². The van der Waals surface area contributed by atoms with Crippen molar-refractivity contribution in [2.24, 2.45) is 0 Å². The third-order valence-electron chi connectivity index (χ3n) is 6.94. The van der Waals surface area contributed by atoms with E-state index in [1.165, 1.54) is 6.33 Å². The molecule has 0 saturated heterocycles. The molecule has 1 aliphatic carbocycles. The fraction of sp³-hybridized carbons (Fsp3) is 0.333. The first-order valence-corrected chi connectivity index (χ1v) is 12.4. The van der Waals surface area contributed by atoms with Crippen LogP contribution in [-0.4, -0.2) is 43.8 Å². The molecule has 186 valence electrons. The SMILES string of the molecule is Cc1cccc(CNC(=O)C2(C)Cn3cnc(C(=O)Nc4cccc(Cl)c4C)c3C(=O)N2C2CC2)c1. The topological polar surface area (TPSA) is 96.3 Å². The van der Waals surface area contributed by atoms with Crippen molar-refractivity contribution in [3.8, 4) is 0 Å². The van der Waals surface area contributed by atoms with Crippen LogP contribution >= 0.6 is 11.6 Å². The van der Waals surface area contributed by atoms with E-state index in [0.29, 0.717) is 17.3 Å². The number of benzene rings is 2. The Labute approximate surface area is 214 Å². The third-order valence-corrected chi connectivity index (χ3v) is 7.35. The van der Waals surface area contributed by atoms with E-state index in [1.54, 1.807) is 41.5 Å². The summed E-state index contributed by atoms with van der Waals surface area (Å²) in [6.07, 6.45) is 3.11. The molecule has 2 aliphatic rings. The summed E-state index contributed by atoms with van der Waals surface area (Å²) in [6, 6.07) is 13.1. The Hall–Kier alpha value is -3.65. The van der Waals surface area contributed by atoms with E-state index in [2.05, 4.69) is 15.6 Å². The zero-order valence-electron chi connectivity index (χ0n) is 20.5. The number of imidazole rings is 1. The maximum absolute atomic E-state index is 13.8. The van der Waals surface area contributed by atoms with E-state index in [-0.39, 0.29) is 35.8 Å². The van der Waals surface area contributed by atoms with Gasteiger partial charge in [0.05, 0.1) is 12.9 Å². The van der Waals surface area contributed by atoms with E-state index >= 15 is 0 Å². The Kier molecular flexibility index (Phi) is 6.08. The molecule has 9 heteroatoms. The van der Waals surface area contributed by atoms with Gasteiger partial charge in [-0.1, -0.05) is 47.5 Å². The van der Waals surface area contributed by atoms with Crippen LogP contribution in [0.15, 0.2) is 48.8 Å². The third kappa shape index (κ3) is 4.26. The van der Waals surface area contributed by atoms with Gasteiger partial charge < -0.3 is 20.1 Å². The van der Waals surface area contributed by atoms with Crippen LogP contribution in [0, 0.1) is 13.8 Å². The summed E-state index contributed by atoms with van der Waals surface area (Å²) in [4.78, 5) is 46.4. The minimum Gasteiger partial charge on any atom is -0.350 e. The average molecular weight is 506 g/mol. The molecule has 8 nitrogen and oxygen atoms in total. The fourth-order valence-corrected chi connectivity index (χ4v) is 5.02. The molecule has 1 unspecified atom stereocenters. The van der Waals surface area contributed by atoms with Gasteiger partial charge in [-0.15, -0.1) is 0 Å². The molecule has 1 fully saturated rings. The monoisotopic (exact) mass is 505 g/mol. The Morgan fingerprint density at radius 1 is 1.17 bits per heavy atom. The molecule has 1 atom stereocenters. The van der Waals surface area contributed by atoms with Crippen molar-refractivity contribution in [1.29, 1.82) is 0 Å².